The molecule has 2 heteroatoms. The van der Waals surface area contributed by atoms with Crippen LogP contribution in [0.15, 0.2) is 0 Å². The third-order valence-electron chi connectivity index (χ3n) is 2.98. The van der Waals surface area contributed by atoms with Crippen molar-refractivity contribution in [3.8, 4) is 6.07 Å². The first-order valence-corrected chi connectivity index (χ1v) is 5.43. The maximum Gasteiger partial charge on any atom is 0.0666 e. The summed E-state index contributed by atoms with van der Waals surface area (Å²) in [6.07, 6.45) is 5.57. The number of rotatable bonds is 5. The van der Waals surface area contributed by atoms with Crippen molar-refractivity contribution in [2.75, 3.05) is 13.1 Å². The maximum atomic E-state index is 8.76. The first kappa shape index (κ1) is 9.02. The highest BCUT2D eigenvalue weighted by molar-refractivity contribution is 4.91. The summed E-state index contributed by atoms with van der Waals surface area (Å²) in [5, 5.41) is 8.76. The molecule has 0 saturated heterocycles. The summed E-state index contributed by atoms with van der Waals surface area (Å²) in [6, 6.07) is 3.16. The lowest BCUT2D eigenvalue weighted by atomic mass is 10.2. The molecule has 0 radical (unpaired) electrons. The smallest absolute Gasteiger partial charge is 0.0666 e. The second-order valence-corrected chi connectivity index (χ2v) is 4.66. The van der Waals surface area contributed by atoms with Crippen LogP contribution in [0, 0.1) is 23.2 Å². The van der Waals surface area contributed by atoms with E-state index in [-0.39, 0.29) is 5.92 Å². The first-order chi connectivity index (χ1) is 6.29. The minimum atomic E-state index is 0.208. The molecule has 0 spiro atoms. The number of hydrogen-bond donors (Lipinski definition) is 0. The highest BCUT2D eigenvalue weighted by Crippen LogP contribution is 2.35. The van der Waals surface area contributed by atoms with Crippen LogP contribution in [-0.4, -0.2) is 24.0 Å². The van der Waals surface area contributed by atoms with E-state index in [1.54, 1.807) is 0 Å². The molecule has 0 aromatic rings. The van der Waals surface area contributed by atoms with Crippen LogP contribution >= 0.6 is 0 Å². The third-order valence-corrected chi connectivity index (χ3v) is 2.98. The average molecular weight is 178 g/mol. The summed E-state index contributed by atoms with van der Waals surface area (Å²) >= 11 is 0. The van der Waals surface area contributed by atoms with E-state index in [4.69, 9.17) is 5.26 Å². The largest absolute Gasteiger partial charge is 0.299 e. The zero-order valence-electron chi connectivity index (χ0n) is 8.37. The second kappa shape index (κ2) is 3.67. The fourth-order valence-electron chi connectivity index (χ4n) is 1.84. The molecule has 1 atom stereocenters. The van der Waals surface area contributed by atoms with Gasteiger partial charge < -0.3 is 0 Å². The van der Waals surface area contributed by atoms with Crippen LogP contribution in [0.2, 0.25) is 0 Å². The molecule has 0 amide bonds. The van der Waals surface area contributed by atoms with Crippen LogP contribution in [0.1, 0.15) is 32.6 Å². The van der Waals surface area contributed by atoms with Crippen LogP contribution < -0.4 is 0 Å². The molecule has 0 bridgehead atoms. The van der Waals surface area contributed by atoms with Crippen LogP contribution in [0.25, 0.3) is 0 Å². The summed E-state index contributed by atoms with van der Waals surface area (Å²) in [5.74, 6) is 1.17. The summed E-state index contributed by atoms with van der Waals surface area (Å²) in [6.45, 7) is 4.29. The van der Waals surface area contributed by atoms with E-state index in [0.717, 1.165) is 18.5 Å². The zero-order valence-corrected chi connectivity index (χ0v) is 8.37. The zero-order chi connectivity index (χ0) is 9.26. The van der Waals surface area contributed by atoms with Crippen molar-refractivity contribution in [3.05, 3.63) is 0 Å². The Morgan fingerprint density at radius 2 is 2.08 bits per heavy atom. The predicted molar refractivity (Wildman–Crippen MR) is 52.1 cm³/mol. The second-order valence-electron chi connectivity index (χ2n) is 4.66. The van der Waals surface area contributed by atoms with Gasteiger partial charge in [-0.2, -0.15) is 5.26 Å². The van der Waals surface area contributed by atoms with Gasteiger partial charge in [0.1, 0.15) is 0 Å². The van der Waals surface area contributed by atoms with Crippen molar-refractivity contribution in [3.63, 3.8) is 0 Å². The SMILES string of the molecule is CC(C#N)CN(CC1CC1)C1CC1. The van der Waals surface area contributed by atoms with Gasteiger partial charge in [-0.05, 0) is 38.5 Å². The Morgan fingerprint density at radius 1 is 1.38 bits per heavy atom. The fraction of sp³-hybridized carbons (Fsp3) is 0.909. The van der Waals surface area contributed by atoms with Gasteiger partial charge in [0.2, 0.25) is 0 Å². The van der Waals surface area contributed by atoms with E-state index in [0.29, 0.717) is 0 Å². The van der Waals surface area contributed by atoms with Gasteiger partial charge in [-0.25, -0.2) is 0 Å². The Bertz CT molecular complexity index is 211. The lowest BCUT2D eigenvalue weighted by Crippen LogP contribution is -2.32. The lowest BCUT2D eigenvalue weighted by Gasteiger charge is -2.22. The van der Waals surface area contributed by atoms with Crippen molar-refractivity contribution in [1.29, 1.82) is 5.26 Å². The Kier molecular flexibility index (Phi) is 2.55. The van der Waals surface area contributed by atoms with Gasteiger partial charge in [0.15, 0.2) is 0 Å². The van der Waals surface area contributed by atoms with Gasteiger partial charge in [-0.3, -0.25) is 4.90 Å². The van der Waals surface area contributed by atoms with Crippen LogP contribution in [0.3, 0.4) is 0 Å². The van der Waals surface area contributed by atoms with E-state index in [1.807, 2.05) is 6.92 Å². The van der Waals surface area contributed by atoms with Gasteiger partial charge in [0.05, 0.1) is 12.0 Å². The monoisotopic (exact) mass is 178 g/mol. The maximum absolute atomic E-state index is 8.76. The highest BCUT2D eigenvalue weighted by Gasteiger charge is 2.33. The van der Waals surface area contributed by atoms with Crippen molar-refractivity contribution in [2.24, 2.45) is 11.8 Å². The van der Waals surface area contributed by atoms with Gasteiger partial charge in [0.25, 0.3) is 0 Å². The van der Waals surface area contributed by atoms with Gasteiger partial charge >= 0.3 is 0 Å². The molecule has 2 saturated carbocycles. The number of nitriles is 1. The van der Waals surface area contributed by atoms with E-state index in [1.165, 1.54) is 32.2 Å². The molecule has 2 aliphatic carbocycles. The summed E-state index contributed by atoms with van der Waals surface area (Å²) in [5.41, 5.74) is 0. The van der Waals surface area contributed by atoms with Crippen molar-refractivity contribution >= 4 is 0 Å². The first-order valence-electron chi connectivity index (χ1n) is 5.43. The summed E-state index contributed by atoms with van der Waals surface area (Å²) < 4.78 is 0. The minimum Gasteiger partial charge on any atom is -0.299 e. The topological polar surface area (TPSA) is 27.0 Å². The van der Waals surface area contributed by atoms with Crippen LogP contribution in [-0.2, 0) is 0 Å². The molecular formula is C11H18N2. The van der Waals surface area contributed by atoms with E-state index in [2.05, 4.69) is 11.0 Å². The van der Waals surface area contributed by atoms with Crippen molar-refractivity contribution in [1.82, 2.24) is 4.90 Å². The van der Waals surface area contributed by atoms with E-state index >= 15 is 0 Å². The Labute approximate surface area is 80.5 Å². The molecule has 2 aliphatic rings. The molecule has 2 nitrogen and oxygen atoms in total. The minimum absolute atomic E-state index is 0.208. The van der Waals surface area contributed by atoms with Gasteiger partial charge in [-0.15, -0.1) is 0 Å². The molecular weight excluding hydrogens is 160 g/mol. The van der Waals surface area contributed by atoms with Crippen LogP contribution in [0.4, 0.5) is 0 Å². The fourth-order valence-corrected chi connectivity index (χ4v) is 1.84. The van der Waals surface area contributed by atoms with Gasteiger partial charge in [-0.1, -0.05) is 0 Å². The quantitative estimate of drug-likeness (QED) is 0.644. The summed E-state index contributed by atoms with van der Waals surface area (Å²) in [7, 11) is 0. The number of hydrogen-bond acceptors (Lipinski definition) is 2. The Balaban J connectivity index is 1.78. The molecule has 72 valence electrons. The van der Waals surface area contributed by atoms with E-state index < -0.39 is 0 Å². The van der Waals surface area contributed by atoms with E-state index in [9.17, 15) is 0 Å². The summed E-state index contributed by atoms with van der Waals surface area (Å²) in [4.78, 5) is 2.55. The standard InChI is InChI=1S/C11H18N2/c1-9(6-12)7-13(11-4-5-11)8-10-2-3-10/h9-11H,2-5,7-8H2,1H3. The molecule has 1 unspecified atom stereocenters. The molecule has 0 heterocycles. The highest BCUT2D eigenvalue weighted by atomic mass is 15.2. The van der Waals surface area contributed by atoms with Crippen LogP contribution in [0.5, 0.6) is 0 Å². The Morgan fingerprint density at radius 3 is 2.54 bits per heavy atom. The molecule has 2 rings (SSSR count). The van der Waals surface area contributed by atoms with Gasteiger partial charge in [0, 0.05) is 19.1 Å². The molecule has 13 heavy (non-hydrogen) atoms. The molecule has 0 N–H and O–H groups in total. The molecule has 0 aliphatic heterocycles. The molecule has 0 aromatic carbocycles. The van der Waals surface area contributed by atoms with Crippen molar-refractivity contribution in [2.45, 2.75) is 38.6 Å². The Hall–Kier alpha value is -0.550. The average Bonchev–Trinajstić information content (AvgIpc) is 2.96. The molecule has 2 fully saturated rings. The third kappa shape index (κ3) is 2.70. The molecule has 0 aromatic heterocycles. The van der Waals surface area contributed by atoms with Crippen molar-refractivity contribution < 1.29 is 0 Å². The normalized spacial score (nSPS) is 24.4. The number of nitrogens with zero attached hydrogens (tertiary/aromatic N) is 2. The predicted octanol–water partition coefficient (Wildman–Crippen LogP) is 2.02. The lowest BCUT2D eigenvalue weighted by molar-refractivity contribution is 0.235.